The van der Waals surface area contributed by atoms with Gasteiger partial charge in [0.25, 0.3) is 5.91 Å². The Morgan fingerprint density at radius 1 is 1.04 bits per heavy atom. The normalized spacial score (nSPS) is 10.3. The van der Waals surface area contributed by atoms with E-state index in [0.717, 1.165) is 16.8 Å². The van der Waals surface area contributed by atoms with Gasteiger partial charge in [0.1, 0.15) is 5.75 Å². The summed E-state index contributed by atoms with van der Waals surface area (Å²) in [6, 6.07) is 13.1. The molecule has 2 amide bonds. The molecule has 138 valence electrons. The molecule has 0 radical (unpaired) electrons. The van der Waals surface area contributed by atoms with Gasteiger partial charge in [-0.1, -0.05) is 18.2 Å². The maximum atomic E-state index is 12.3. The van der Waals surface area contributed by atoms with E-state index in [-0.39, 0.29) is 11.8 Å². The molecule has 2 aromatic carbocycles. The summed E-state index contributed by atoms with van der Waals surface area (Å²) in [5.41, 5.74) is 3.54. The lowest BCUT2D eigenvalue weighted by Gasteiger charge is -2.10. The van der Waals surface area contributed by atoms with E-state index in [2.05, 4.69) is 16.7 Å². The SMILES string of the molecule is CCOc1ccccc1C(=O)NCCCC(=O)Nc1cc(C)cc(C)c1. The molecule has 0 aliphatic rings. The van der Waals surface area contributed by atoms with Crippen molar-refractivity contribution in [1.29, 1.82) is 0 Å². The van der Waals surface area contributed by atoms with E-state index in [1.165, 1.54) is 0 Å². The molecule has 0 saturated carbocycles. The molecule has 2 aromatic rings. The lowest BCUT2D eigenvalue weighted by Crippen LogP contribution is -2.26. The van der Waals surface area contributed by atoms with Crippen LogP contribution in [0.4, 0.5) is 5.69 Å². The smallest absolute Gasteiger partial charge is 0.255 e. The summed E-state index contributed by atoms with van der Waals surface area (Å²) in [5, 5.41) is 5.73. The van der Waals surface area contributed by atoms with E-state index >= 15 is 0 Å². The summed E-state index contributed by atoms with van der Waals surface area (Å²) in [6.07, 6.45) is 0.916. The third-order valence-corrected chi connectivity index (χ3v) is 3.80. The quantitative estimate of drug-likeness (QED) is 0.708. The minimum absolute atomic E-state index is 0.0565. The van der Waals surface area contributed by atoms with Crippen molar-refractivity contribution in [1.82, 2.24) is 5.32 Å². The van der Waals surface area contributed by atoms with Crippen LogP contribution in [-0.4, -0.2) is 25.0 Å². The molecule has 5 heteroatoms. The lowest BCUT2D eigenvalue weighted by molar-refractivity contribution is -0.116. The number of amides is 2. The molecule has 0 spiro atoms. The molecule has 0 bridgehead atoms. The monoisotopic (exact) mass is 354 g/mol. The molecule has 0 aromatic heterocycles. The van der Waals surface area contributed by atoms with Crippen LogP contribution >= 0.6 is 0 Å². The van der Waals surface area contributed by atoms with E-state index in [1.807, 2.05) is 39.0 Å². The number of hydrogen-bond donors (Lipinski definition) is 2. The Hall–Kier alpha value is -2.82. The Morgan fingerprint density at radius 2 is 1.73 bits per heavy atom. The summed E-state index contributed by atoms with van der Waals surface area (Å²) in [4.78, 5) is 24.3. The van der Waals surface area contributed by atoms with Gasteiger partial charge < -0.3 is 15.4 Å². The zero-order valence-electron chi connectivity index (χ0n) is 15.6. The van der Waals surface area contributed by atoms with Gasteiger partial charge >= 0.3 is 0 Å². The highest BCUT2D eigenvalue weighted by Crippen LogP contribution is 2.17. The predicted molar refractivity (Wildman–Crippen MR) is 104 cm³/mol. The number of carbonyl (C=O) groups is 2. The molecule has 26 heavy (non-hydrogen) atoms. The number of benzene rings is 2. The first-order chi connectivity index (χ1) is 12.5. The molecule has 0 unspecified atom stereocenters. The van der Waals surface area contributed by atoms with Crippen molar-refractivity contribution >= 4 is 17.5 Å². The number of ether oxygens (including phenoxy) is 1. The van der Waals surface area contributed by atoms with E-state index in [0.29, 0.717) is 37.3 Å². The fourth-order valence-corrected chi connectivity index (χ4v) is 2.75. The van der Waals surface area contributed by atoms with Crippen molar-refractivity contribution < 1.29 is 14.3 Å². The van der Waals surface area contributed by atoms with E-state index < -0.39 is 0 Å². The Labute approximate surface area is 154 Å². The molecule has 0 saturated heterocycles. The minimum Gasteiger partial charge on any atom is -0.493 e. The predicted octanol–water partition coefficient (Wildman–Crippen LogP) is 3.85. The summed E-state index contributed by atoms with van der Waals surface area (Å²) in [7, 11) is 0. The van der Waals surface area contributed by atoms with Crippen LogP contribution in [0.1, 0.15) is 41.3 Å². The maximum Gasteiger partial charge on any atom is 0.255 e. The molecule has 0 heterocycles. The van der Waals surface area contributed by atoms with Crippen LogP contribution in [-0.2, 0) is 4.79 Å². The molecular formula is C21H26N2O3. The first-order valence-corrected chi connectivity index (χ1v) is 8.87. The first kappa shape index (κ1) is 19.5. The highest BCUT2D eigenvalue weighted by molar-refractivity contribution is 5.97. The van der Waals surface area contributed by atoms with Gasteiger partial charge in [0.15, 0.2) is 0 Å². The van der Waals surface area contributed by atoms with E-state index in [4.69, 9.17) is 4.74 Å². The molecular weight excluding hydrogens is 328 g/mol. The van der Waals surface area contributed by atoms with Crippen LogP contribution < -0.4 is 15.4 Å². The minimum atomic E-state index is -0.191. The summed E-state index contributed by atoms with van der Waals surface area (Å²) in [5.74, 6) is 0.322. The van der Waals surface area contributed by atoms with Gasteiger partial charge in [0.05, 0.1) is 12.2 Å². The average Bonchev–Trinajstić information content (AvgIpc) is 2.58. The molecule has 0 aliphatic carbocycles. The topological polar surface area (TPSA) is 67.4 Å². The molecule has 2 rings (SSSR count). The molecule has 0 atom stereocenters. The van der Waals surface area contributed by atoms with Crippen LogP contribution in [0.3, 0.4) is 0 Å². The van der Waals surface area contributed by atoms with Gasteiger partial charge in [0.2, 0.25) is 5.91 Å². The fraction of sp³-hybridized carbons (Fsp3) is 0.333. The number of rotatable bonds is 8. The standard InChI is InChI=1S/C21H26N2O3/c1-4-26-19-9-6-5-8-18(19)21(25)22-11-7-10-20(24)23-17-13-15(2)12-16(3)14-17/h5-6,8-9,12-14H,4,7,10-11H2,1-3H3,(H,22,25)(H,23,24). The average molecular weight is 354 g/mol. The van der Waals surface area contributed by atoms with Crippen LogP contribution in [0, 0.1) is 13.8 Å². The second kappa shape index (κ2) is 9.61. The Bertz CT molecular complexity index is 751. The van der Waals surface area contributed by atoms with Crippen LogP contribution in [0.25, 0.3) is 0 Å². The highest BCUT2D eigenvalue weighted by Gasteiger charge is 2.11. The van der Waals surface area contributed by atoms with Gasteiger partial charge in [-0.15, -0.1) is 0 Å². The van der Waals surface area contributed by atoms with E-state index in [1.54, 1.807) is 18.2 Å². The van der Waals surface area contributed by atoms with Crippen molar-refractivity contribution in [3.8, 4) is 5.75 Å². The molecule has 2 N–H and O–H groups in total. The summed E-state index contributed by atoms with van der Waals surface area (Å²) < 4.78 is 5.46. The van der Waals surface area contributed by atoms with Crippen LogP contribution in [0.5, 0.6) is 5.75 Å². The van der Waals surface area contributed by atoms with Gasteiger partial charge in [-0.3, -0.25) is 9.59 Å². The van der Waals surface area contributed by atoms with Gasteiger partial charge in [0, 0.05) is 18.7 Å². The third kappa shape index (κ3) is 5.92. The third-order valence-electron chi connectivity index (χ3n) is 3.80. The van der Waals surface area contributed by atoms with Crippen molar-refractivity contribution in [2.75, 3.05) is 18.5 Å². The Balaban J connectivity index is 1.77. The molecule has 0 fully saturated rings. The fourth-order valence-electron chi connectivity index (χ4n) is 2.75. The number of carbonyl (C=O) groups excluding carboxylic acids is 2. The zero-order valence-corrected chi connectivity index (χ0v) is 15.6. The van der Waals surface area contributed by atoms with Gasteiger partial charge in [-0.25, -0.2) is 0 Å². The van der Waals surface area contributed by atoms with Gasteiger partial charge in [-0.05, 0) is 62.6 Å². The number of anilines is 1. The number of aryl methyl sites for hydroxylation is 2. The first-order valence-electron chi connectivity index (χ1n) is 8.87. The zero-order chi connectivity index (χ0) is 18.9. The summed E-state index contributed by atoms with van der Waals surface area (Å²) in [6.45, 7) is 6.81. The molecule has 0 aliphatic heterocycles. The number of hydrogen-bond acceptors (Lipinski definition) is 3. The van der Waals surface area contributed by atoms with Crippen molar-refractivity contribution in [3.05, 3.63) is 59.2 Å². The van der Waals surface area contributed by atoms with Crippen molar-refractivity contribution in [3.63, 3.8) is 0 Å². The van der Waals surface area contributed by atoms with Crippen LogP contribution in [0.2, 0.25) is 0 Å². The number of para-hydroxylation sites is 1. The highest BCUT2D eigenvalue weighted by atomic mass is 16.5. The Kier molecular flexibility index (Phi) is 7.21. The summed E-state index contributed by atoms with van der Waals surface area (Å²) >= 11 is 0. The maximum absolute atomic E-state index is 12.3. The van der Waals surface area contributed by atoms with Crippen molar-refractivity contribution in [2.24, 2.45) is 0 Å². The van der Waals surface area contributed by atoms with Crippen LogP contribution in [0.15, 0.2) is 42.5 Å². The largest absolute Gasteiger partial charge is 0.493 e. The number of nitrogens with one attached hydrogen (secondary N) is 2. The Morgan fingerprint density at radius 3 is 2.42 bits per heavy atom. The van der Waals surface area contributed by atoms with E-state index in [9.17, 15) is 9.59 Å². The van der Waals surface area contributed by atoms with Crippen molar-refractivity contribution in [2.45, 2.75) is 33.6 Å². The second-order valence-electron chi connectivity index (χ2n) is 6.21. The lowest BCUT2D eigenvalue weighted by atomic mass is 10.1. The van der Waals surface area contributed by atoms with Gasteiger partial charge in [-0.2, -0.15) is 0 Å². The second-order valence-corrected chi connectivity index (χ2v) is 6.21. The molecule has 5 nitrogen and oxygen atoms in total.